The molecule has 0 amide bonds. The molecule has 4 rings (SSSR count). The monoisotopic (exact) mass is 354 g/mol. The molecule has 110 valence electrons. The van der Waals surface area contributed by atoms with E-state index in [9.17, 15) is 0 Å². The van der Waals surface area contributed by atoms with Gasteiger partial charge in [0.1, 0.15) is 0 Å². The van der Waals surface area contributed by atoms with Crippen LogP contribution in [-0.4, -0.2) is 0 Å². The fourth-order valence-corrected chi connectivity index (χ4v) is 5.50. The van der Waals surface area contributed by atoms with Crippen molar-refractivity contribution in [2.45, 2.75) is 0 Å². The molecule has 1 nitrogen and oxygen atoms in total. The number of hydrogen-bond acceptors (Lipinski definition) is 1. The normalized spacial score (nSPS) is 11.0. The third-order valence-corrected chi connectivity index (χ3v) is 6.64. The first-order valence-corrected chi connectivity index (χ1v) is 8.99. The molecule has 1 heterocycles. The molecule has 0 aliphatic rings. The maximum absolute atomic E-state index is 8.99. The summed E-state index contributed by atoms with van der Waals surface area (Å²) < 4.78 is 2.49. The topological polar surface area (TPSA) is 23.8 Å². The third kappa shape index (κ3) is 2.38. The Morgan fingerprint density at radius 2 is 1.26 bits per heavy atom. The Balaban J connectivity index is 2.13. The van der Waals surface area contributed by atoms with Crippen molar-refractivity contribution in [3.63, 3.8) is 0 Å². The highest BCUT2D eigenvalue weighted by atomic mass is 35.5. The number of nitriles is 1. The Bertz CT molecular complexity index is 1030. The van der Waals surface area contributed by atoms with Gasteiger partial charge in [0.05, 0.1) is 11.6 Å². The maximum atomic E-state index is 8.99. The predicted octanol–water partition coefficient (Wildman–Crippen LogP) is 6.91. The lowest BCUT2D eigenvalue weighted by Crippen LogP contribution is -1.74. The number of thiophene rings is 1. The van der Waals surface area contributed by atoms with Crippen LogP contribution in [0.3, 0.4) is 0 Å². The average molecular weight is 355 g/mol. The van der Waals surface area contributed by atoms with Gasteiger partial charge in [0.25, 0.3) is 0 Å². The van der Waals surface area contributed by atoms with E-state index in [0.717, 1.165) is 20.8 Å². The minimum absolute atomic E-state index is 0.194. The van der Waals surface area contributed by atoms with Gasteiger partial charge in [0.2, 0.25) is 0 Å². The molecule has 0 atom stereocenters. The second-order valence-corrected chi connectivity index (χ2v) is 8.06. The van der Waals surface area contributed by atoms with Crippen molar-refractivity contribution in [3.8, 4) is 11.0 Å². The van der Waals surface area contributed by atoms with Crippen LogP contribution in [0.15, 0.2) is 60.7 Å². The van der Waals surface area contributed by atoms with E-state index < -0.39 is 0 Å². The SMILES string of the molecule is N#Cc1ccc(-[s+]2c3ccc(Cl)cc3c3cc(Cl)ccc32)cc1. The van der Waals surface area contributed by atoms with Crippen molar-refractivity contribution in [1.29, 1.82) is 5.26 Å². The maximum Gasteiger partial charge on any atom is 0.187 e. The van der Waals surface area contributed by atoms with Crippen molar-refractivity contribution >= 4 is 53.8 Å². The van der Waals surface area contributed by atoms with E-state index in [-0.39, 0.29) is 10.5 Å². The Kier molecular flexibility index (Phi) is 3.50. The van der Waals surface area contributed by atoms with Crippen LogP contribution < -0.4 is 0 Å². The molecule has 0 bridgehead atoms. The summed E-state index contributed by atoms with van der Waals surface area (Å²) in [5, 5.41) is 12.7. The highest BCUT2D eigenvalue weighted by Crippen LogP contribution is 2.49. The molecule has 23 heavy (non-hydrogen) atoms. The zero-order chi connectivity index (χ0) is 16.0. The van der Waals surface area contributed by atoms with Gasteiger partial charge in [-0.25, -0.2) is 0 Å². The van der Waals surface area contributed by atoms with E-state index in [0.29, 0.717) is 5.56 Å². The molecular weight excluding hydrogens is 345 g/mol. The van der Waals surface area contributed by atoms with Crippen LogP contribution in [-0.2, 0) is 0 Å². The summed E-state index contributed by atoms with van der Waals surface area (Å²) in [6.07, 6.45) is 0. The zero-order valence-electron chi connectivity index (χ0n) is 11.9. The van der Waals surface area contributed by atoms with Crippen molar-refractivity contribution in [1.82, 2.24) is 0 Å². The lowest BCUT2D eigenvalue weighted by Gasteiger charge is -1.94. The van der Waals surface area contributed by atoms with Crippen molar-refractivity contribution in [3.05, 3.63) is 76.3 Å². The average Bonchev–Trinajstić information content (AvgIpc) is 2.88. The number of nitrogens with zero attached hydrogens (tertiary/aromatic N) is 1. The van der Waals surface area contributed by atoms with Gasteiger partial charge in [0, 0.05) is 43.4 Å². The molecule has 3 aromatic carbocycles. The number of benzene rings is 3. The lowest BCUT2D eigenvalue weighted by molar-refractivity contribution is 1.49. The molecule has 1 aromatic heterocycles. The van der Waals surface area contributed by atoms with Crippen molar-refractivity contribution in [2.24, 2.45) is 0 Å². The van der Waals surface area contributed by atoms with Crippen LogP contribution >= 0.6 is 33.7 Å². The van der Waals surface area contributed by atoms with E-state index in [2.05, 4.69) is 18.2 Å². The standard InChI is InChI=1S/C19H10Cl2NS/c20-13-3-7-18-16(9-13)17-10-14(21)4-8-19(17)23(18)15-5-1-12(11-22)2-6-15/h1-10H/q+1. The molecule has 4 aromatic rings. The third-order valence-electron chi connectivity index (χ3n) is 3.83. The summed E-state index contributed by atoms with van der Waals surface area (Å²) in [5.41, 5.74) is 0.671. The molecular formula is C19H10Cl2NS+. The predicted molar refractivity (Wildman–Crippen MR) is 100 cm³/mol. The first-order chi connectivity index (χ1) is 11.2. The molecule has 0 fully saturated rings. The second-order valence-electron chi connectivity index (χ2n) is 5.22. The van der Waals surface area contributed by atoms with Gasteiger partial charge in [-0.05, 0) is 48.5 Å². The summed E-state index contributed by atoms with van der Waals surface area (Å²) in [5.74, 6) is 0. The molecule has 4 heteroatoms. The van der Waals surface area contributed by atoms with E-state index in [1.807, 2.05) is 48.5 Å². The molecule has 0 unspecified atom stereocenters. The number of halogens is 2. The summed E-state index contributed by atoms with van der Waals surface area (Å²) in [6, 6.07) is 22.0. The molecule has 0 spiro atoms. The largest absolute Gasteiger partial charge is 0.192 e. The quantitative estimate of drug-likeness (QED) is 0.340. The first-order valence-electron chi connectivity index (χ1n) is 7.01. The molecule has 0 saturated heterocycles. The first kappa shape index (κ1) is 14.5. The summed E-state index contributed by atoms with van der Waals surface area (Å²) in [7, 11) is -0.194. The summed E-state index contributed by atoms with van der Waals surface area (Å²) >= 11 is 12.4. The number of hydrogen-bond donors (Lipinski definition) is 0. The second kappa shape index (κ2) is 5.54. The molecule has 0 aliphatic heterocycles. The summed E-state index contributed by atoms with van der Waals surface area (Å²) in [6.45, 7) is 0. The van der Waals surface area contributed by atoms with Gasteiger partial charge in [-0.1, -0.05) is 23.2 Å². The van der Waals surface area contributed by atoms with Gasteiger partial charge in [-0.2, -0.15) is 5.26 Å². The molecule has 0 saturated carbocycles. The lowest BCUT2D eigenvalue weighted by atomic mass is 10.1. The van der Waals surface area contributed by atoms with Crippen molar-refractivity contribution in [2.75, 3.05) is 0 Å². The minimum Gasteiger partial charge on any atom is -0.192 e. The fraction of sp³-hybridized carbons (Fsp3) is 0. The Morgan fingerprint density at radius 3 is 1.74 bits per heavy atom. The van der Waals surface area contributed by atoms with Gasteiger partial charge in [0.15, 0.2) is 14.3 Å². The van der Waals surface area contributed by atoms with Crippen LogP contribution in [0.2, 0.25) is 10.0 Å². The van der Waals surface area contributed by atoms with Gasteiger partial charge >= 0.3 is 0 Å². The Morgan fingerprint density at radius 1 is 0.739 bits per heavy atom. The van der Waals surface area contributed by atoms with Crippen LogP contribution in [0.5, 0.6) is 0 Å². The Hall–Kier alpha value is -2.05. The van der Waals surface area contributed by atoms with Crippen molar-refractivity contribution < 1.29 is 0 Å². The van der Waals surface area contributed by atoms with E-state index >= 15 is 0 Å². The van der Waals surface area contributed by atoms with E-state index in [1.54, 1.807) is 0 Å². The minimum atomic E-state index is -0.194. The zero-order valence-corrected chi connectivity index (χ0v) is 14.2. The molecule has 0 N–H and O–H groups in total. The fourth-order valence-electron chi connectivity index (χ4n) is 2.82. The smallest absolute Gasteiger partial charge is 0.187 e. The van der Waals surface area contributed by atoms with Crippen LogP contribution in [0.25, 0.3) is 25.1 Å². The Labute approximate surface area is 146 Å². The highest BCUT2D eigenvalue weighted by molar-refractivity contribution is 7.50. The van der Waals surface area contributed by atoms with E-state index in [1.165, 1.54) is 14.3 Å². The number of fused-ring (bicyclic) bond motifs is 3. The van der Waals surface area contributed by atoms with Crippen LogP contribution in [0.4, 0.5) is 0 Å². The molecule has 0 aliphatic carbocycles. The molecule has 0 radical (unpaired) electrons. The van der Waals surface area contributed by atoms with Gasteiger partial charge in [-0.3, -0.25) is 0 Å². The van der Waals surface area contributed by atoms with Crippen LogP contribution in [0, 0.1) is 11.3 Å². The van der Waals surface area contributed by atoms with Gasteiger partial charge in [-0.15, -0.1) is 0 Å². The summed E-state index contributed by atoms with van der Waals surface area (Å²) in [4.78, 5) is 1.19. The van der Waals surface area contributed by atoms with Crippen LogP contribution in [0.1, 0.15) is 5.56 Å². The number of rotatable bonds is 1. The van der Waals surface area contributed by atoms with Gasteiger partial charge < -0.3 is 0 Å². The highest BCUT2D eigenvalue weighted by Gasteiger charge is 2.24. The van der Waals surface area contributed by atoms with E-state index in [4.69, 9.17) is 28.5 Å².